The van der Waals surface area contributed by atoms with Crippen molar-refractivity contribution >= 4 is 11.9 Å². The zero-order valence-corrected chi connectivity index (χ0v) is 14.9. The molecule has 6 heteroatoms. The molecule has 1 saturated heterocycles. The van der Waals surface area contributed by atoms with E-state index in [-0.39, 0.29) is 25.5 Å². The van der Waals surface area contributed by atoms with Crippen molar-refractivity contribution in [2.75, 3.05) is 26.4 Å². The maximum absolute atomic E-state index is 13.0. The normalized spacial score (nSPS) is 17.7. The summed E-state index contributed by atoms with van der Waals surface area (Å²) in [7, 11) is 0. The van der Waals surface area contributed by atoms with Crippen molar-refractivity contribution in [3.8, 4) is 0 Å². The van der Waals surface area contributed by atoms with Crippen LogP contribution in [0.25, 0.3) is 0 Å². The van der Waals surface area contributed by atoms with Gasteiger partial charge in [0.25, 0.3) is 0 Å². The number of nitrogens with one attached hydrogen (secondary N) is 1. The molecule has 0 aromatic heterocycles. The van der Waals surface area contributed by atoms with Crippen LogP contribution in [0.3, 0.4) is 0 Å². The molecule has 1 atom stereocenters. The van der Waals surface area contributed by atoms with Gasteiger partial charge in [0.15, 0.2) is 0 Å². The van der Waals surface area contributed by atoms with Gasteiger partial charge in [-0.3, -0.25) is 9.59 Å². The van der Waals surface area contributed by atoms with Gasteiger partial charge in [-0.05, 0) is 49.8 Å². The highest BCUT2D eigenvalue weighted by atomic mass is 16.5. The van der Waals surface area contributed by atoms with Gasteiger partial charge in [-0.2, -0.15) is 0 Å². The summed E-state index contributed by atoms with van der Waals surface area (Å²) in [5, 5.41) is 21.0. The Hall–Kier alpha value is -1.92. The van der Waals surface area contributed by atoms with Gasteiger partial charge in [0.1, 0.15) is 0 Å². The van der Waals surface area contributed by atoms with E-state index >= 15 is 0 Å². The third-order valence-corrected chi connectivity index (χ3v) is 5.18. The van der Waals surface area contributed by atoms with E-state index in [9.17, 15) is 14.7 Å². The number of aliphatic hydroxyl groups is 1. The largest absolute Gasteiger partial charge is 0.481 e. The molecule has 1 unspecified atom stereocenters. The van der Waals surface area contributed by atoms with Gasteiger partial charge in [-0.1, -0.05) is 18.2 Å². The molecule has 2 rings (SSSR count). The zero-order chi connectivity index (χ0) is 18.4. The van der Waals surface area contributed by atoms with Crippen molar-refractivity contribution in [2.24, 2.45) is 5.92 Å². The number of rotatable bonds is 7. The molecule has 1 heterocycles. The summed E-state index contributed by atoms with van der Waals surface area (Å²) in [6, 6.07) is 6.04. The molecule has 1 fully saturated rings. The number of aliphatic hydroxyl groups excluding tert-OH is 1. The monoisotopic (exact) mass is 349 g/mol. The Labute approximate surface area is 148 Å². The maximum atomic E-state index is 13.0. The van der Waals surface area contributed by atoms with Gasteiger partial charge >= 0.3 is 5.97 Å². The molecule has 3 N–H and O–H groups in total. The van der Waals surface area contributed by atoms with Crippen LogP contribution in [0.2, 0.25) is 0 Å². The Morgan fingerprint density at radius 1 is 1.24 bits per heavy atom. The SMILES string of the molecule is Cc1ccc(C2(C(=O)NCC(CCO)C(=O)O)CCOCC2)cc1C. The fourth-order valence-electron chi connectivity index (χ4n) is 3.26. The van der Waals surface area contributed by atoms with Gasteiger partial charge in [-0.25, -0.2) is 0 Å². The first-order chi connectivity index (χ1) is 11.9. The highest BCUT2D eigenvalue weighted by Gasteiger charge is 2.42. The molecule has 1 aliphatic heterocycles. The molecular formula is C19H27NO5. The Bertz CT molecular complexity index is 622. The molecule has 1 amide bonds. The van der Waals surface area contributed by atoms with Crippen LogP contribution < -0.4 is 5.32 Å². The van der Waals surface area contributed by atoms with Crippen molar-refractivity contribution < 1.29 is 24.5 Å². The Balaban J connectivity index is 2.22. The van der Waals surface area contributed by atoms with Crippen LogP contribution in [0.5, 0.6) is 0 Å². The number of benzene rings is 1. The Morgan fingerprint density at radius 3 is 2.48 bits per heavy atom. The molecule has 1 aromatic rings. The second-order valence-corrected chi connectivity index (χ2v) is 6.75. The van der Waals surface area contributed by atoms with Crippen LogP contribution in [0.1, 0.15) is 36.0 Å². The van der Waals surface area contributed by atoms with E-state index in [2.05, 4.69) is 5.32 Å². The molecule has 1 aliphatic rings. The average Bonchev–Trinajstić information content (AvgIpc) is 2.61. The topological polar surface area (TPSA) is 95.9 Å². The standard InChI is InChI=1S/C19H27NO5/c1-13-3-4-16(11-14(13)2)19(6-9-25-10-7-19)18(24)20-12-15(5-8-21)17(22)23/h3-4,11,15,21H,5-10,12H2,1-2H3,(H,20,24)(H,22,23). The van der Waals surface area contributed by atoms with Crippen molar-refractivity contribution in [1.29, 1.82) is 0 Å². The molecule has 138 valence electrons. The first kappa shape index (κ1) is 19.4. The number of hydrogen-bond donors (Lipinski definition) is 3. The minimum Gasteiger partial charge on any atom is -0.481 e. The van der Waals surface area contributed by atoms with Gasteiger partial charge in [0.05, 0.1) is 11.3 Å². The minimum atomic E-state index is -1.01. The lowest BCUT2D eigenvalue weighted by molar-refractivity contribution is -0.142. The Kier molecular flexibility index (Phi) is 6.56. The molecule has 1 aromatic carbocycles. The van der Waals surface area contributed by atoms with Gasteiger partial charge in [0.2, 0.25) is 5.91 Å². The minimum absolute atomic E-state index is 0.0160. The predicted octanol–water partition coefficient (Wildman–Crippen LogP) is 1.55. The van der Waals surface area contributed by atoms with Gasteiger partial charge < -0.3 is 20.3 Å². The van der Waals surface area contributed by atoms with E-state index in [1.165, 1.54) is 5.56 Å². The van der Waals surface area contributed by atoms with E-state index in [1.54, 1.807) is 0 Å². The van der Waals surface area contributed by atoms with Crippen molar-refractivity contribution in [2.45, 2.75) is 38.5 Å². The van der Waals surface area contributed by atoms with Crippen LogP contribution in [-0.2, 0) is 19.7 Å². The van der Waals surface area contributed by atoms with Crippen LogP contribution in [0.15, 0.2) is 18.2 Å². The number of carbonyl (C=O) groups is 2. The van der Waals surface area contributed by atoms with Crippen molar-refractivity contribution in [1.82, 2.24) is 5.32 Å². The first-order valence-electron chi connectivity index (χ1n) is 8.68. The van der Waals surface area contributed by atoms with E-state index in [1.807, 2.05) is 32.0 Å². The molecule has 0 bridgehead atoms. The summed E-state index contributed by atoms with van der Waals surface area (Å²) >= 11 is 0. The number of carbonyl (C=O) groups excluding carboxylic acids is 1. The molecule has 6 nitrogen and oxygen atoms in total. The third kappa shape index (κ3) is 4.38. The lowest BCUT2D eigenvalue weighted by Crippen LogP contribution is -2.49. The molecular weight excluding hydrogens is 322 g/mol. The third-order valence-electron chi connectivity index (χ3n) is 5.18. The quantitative estimate of drug-likeness (QED) is 0.694. The number of hydrogen-bond acceptors (Lipinski definition) is 4. The molecule has 0 aliphatic carbocycles. The number of aryl methyl sites for hydroxylation is 2. The predicted molar refractivity (Wildman–Crippen MR) is 93.5 cm³/mol. The van der Waals surface area contributed by atoms with Crippen molar-refractivity contribution in [3.05, 3.63) is 34.9 Å². The number of amides is 1. The summed E-state index contributed by atoms with van der Waals surface area (Å²) in [5.74, 6) is -1.96. The summed E-state index contributed by atoms with van der Waals surface area (Å²) < 4.78 is 5.45. The van der Waals surface area contributed by atoms with Crippen LogP contribution in [-0.4, -0.2) is 48.5 Å². The summed E-state index contributed by atoms with van der Waals surface area (Å²) in [6.07, 6.45) is 1.26. The summed E-state index contributed by atoms with van der Waals surface area (Å²) in [6.45, 7) is 4.84. The number of carboxylic acids is 1. The number of carboxylic acid groups (broad SMARTS) is 1. The molecule has 25 heavy (non-hydrogen) atoms. The van der Waals surface area contributed by atoms with E-state index in [0.717, 1.165) is 11.1 Å². The van der Waals surface area contributed by atoms with Crippen molar-refractivity contribution in [3.63, 3.8) is 0 Å². The van der Waals surface area contributed by atoms with E-state index in [4.69, 9.17) is 9.84 Å². The highest BCUT2D eigenvalue weighted by molar-refractivity contribution is 5.89. The first-order valence-corrected chi connectivity index (χ1v) is 8.68. The second-order valence-electron chi connectivity index (χ2n) is 6.75. The van der Waals surface area contributed by atoms with Crippen LogP contribution in [0, 0.1) is 19.8 Å². The Morgan fingerprint density at radius 2 is 1.92 bits per heavy atom. The number of aliphatic carboxylic acids is 1. The highest BCUT2D eigenvalue weighted by Crippen LogP contribution is 2.36. The molecule has 0 saturated carbocycles. The van der Waals surface area contributed by atoms with Gasteiger partial charge in [-0.15, -0.1) is 0 Å². The fourth-order valence-corrected chi connectivity index (χ4v) is 3.26. The van der Waals surface area contributed by atoms with E-state index in [0.29, 0.717) is 26.1 Å². The zero-order valence-electron chi connectivity index (χ0n) is 14.9. The smallest absolute Gasteiger partial charge is 0.308 e. The van der Waals surface area contributed by atoms with Crippen LogP contribution >= 0.6 is 0 Å². The van der Waals surface area contributed by atoms with Crippen LogP contribution in [0.4, 0.5) is 0 Å². The summed E-state index contributed by atoms with van der Waals surface area (Å²) in [5.41, 5.74) is 2.55. The molecule has 0 radical (unpaired) electrons. The summed E-state index contributed by atoms with van der Waals surface area (Å²) in [4.78, 5) is 24.3. The average molecular weight is 349 g/mol. The molecule has 0 spiro atoms. The second kappa shape index (κ2) is 8.45. The lowest BCUT2D eigenvalue weighted by atomic mass is 9.72. The van der Waals surface area contributed by atoms with E-state index < -0.39 is 17.3 Å². The number of ether oxygens (including phenoxy) is 1. The van der Waals surface area contributed by atoms with Gasteiger partial charge in [0, 0.05) is 26.4 Å². The maximum Gasteiger partial charge on any atom is 0.308 e. The fraction of sp³-hybridized carbons (Fsp3) is 0.579. The lowest BCUT2D eigenvalue weighted by Gasteiger charge is -2.37.